The first-order valence-corrected chi connectivity index (χ1v) is 8.22. The number of benzene rings is 1. The van der Waals surface area contributed by atoms with Crippen LogP contribution in [0.15, 0.2) is 42.0 Å². The van der Waals surface area contributed by atoms with Gasteiger partial charge in [-0.15, -0.1) is 0 Å². The minimum atomic E-state index is 0. The van der Waals surface area contributed by atoms with Gasteiger partial charge in [0.1, 0.15) is 0 Å². The van der Waals surface area contributed by atoms with Crippen LogP contribution in [0.4, 0.5) is 0 Å². The Hall–Kier alpha value is -0.0969. The van der Waals surface area contributed by atoms with Crippen LogP contribution in [0.1, 0.15) is 61.8 Å². The molecule has 0 aromatic heterocycles. The predicted molar refractivity (Wildman–Crippen MR) is 92.6 cm³/mol. The van der Waals surface area contributed by atoms with Gasteiger partial charge < -0.3 is 24.8 Å². The molecule has 0 fully saturated rings. The van der Waals surface area contributed by atoms with Gasteiger partial charge in [-0.05, 0) is 47.4 Å². The van der Waals surface area contributed by atoms with Crippen LogP contribution in [0.5, 0.6) is 0 Å². The first-order chi connectivity index (χ1) is 10.1. The van der Waals surface area contributed by atoms with E-state index in [0.717, 1.165) is 6.42 Å². The normalized spacial score (nSPS) is 17.5. The Labute approximate surface area is 178 Å². The molecule has 1 aromatic carbocycles. The summed E-state index contributed by atoms with van der Waals surface area (Å²) in [5.74, 6) is 0.514. The molecule has 3 heteroatoms. The second-order valence-corrected chi connectivity index (χ2v) is 7.00. The van der Waals surface area contributed by atoms with E-state index in [4.69, 9.17) is 0 Å². The van der Waals surface area contributed by atoms with Crippen LogP contribution >= 0.6 is 0 Å². The molecule has 0 spiro atoms. The maximum Gasteiger partial charge on any atom is 2.00 e. The minimum absolute atomic E-state index is 0. The first-order valence-electron chi connectivity index (χ1n) is 8.22. The van der Waals surface area contributed by atoms with Gasteiger partial charge in [0.25, 0.3) is 0 Å². The Bertz CT molecular complexity index is 654. The SMILES string of the molecule is CCCc1ccc(C)c2c1C(C(C)(C)C1=CC=CC1)C=C2.[Cl-].[Cl-].[Zr+2]. The summed E-state index contributed by atoms with van der Waals surface area (Å²) in [4.78, 5) is 0. The Balaban J connectivity index is 0.00000176. The van der Waals surface area contributed by atoms with Crippen molar-refractivity contribution in [2.45, 2.75) is 52.9 Å². The number of hydrogen-bond donors (Lipinski definition) is 0. The van der Waals surface area contributed by atoms with Crippen molar-refractivity contribution in [3.05, 3.63) is 64.3 Å². The van der Waals surface area contributed by atoms with Crippen molar-refractivity contribution in [2.75, 3.05) is 0 Å². The maximum atomic E-state index is 2.44. The smallest absolute Gasteiger partial charge is 1.00 e. The second kappa shape index (κ2) is 9.56. The van der Waals surface area contributed by atoms with Gasteiger partial charge in [-0.2, -0.15) is 0 Å². The first kappa shape index (κ1) is 23.9. The van der Waals surface area contributed by atoms with Crippen molar-refractivity contribution in [3.8, 4) is 0 Å². The van der Waals surface area contributed by atoms with Gasteiger partial charge in [0.2, 0.25) is 0 Å². The molecule has 0 N–H and O–H groups in total. The molecule has 24 heavy (non-hydrogen) atoms. The fourth-order valence-corrected chi connectivity index (χ4v) is 3.88. The molecule has 0 bridgehead atoms. The van der Waals surface area contributed by atoms with E-state index >= 15 is 0 Å². The van der Waals surface area contributed by atoms with Gasteiger partial charge in [0.05, 0.1) is 0 Å². The molecule has 1 aromatic rings. The fraction of sp³-hybridized carbons (Fsp3) is 0.429. The van der Waals surface area contributed by atoms with Gasteiger partial charge in [-0.1, -0.05) is 75.3 Å². The van der Waals surface area contributed by atoms with E-state index < -0.39 is 0 Å². The van der Waals surface area contributed by atoms with E-state index in [9.17, 15) is 0 Å². The van der Waals surface area contributed by atoms with Crippen LogP contribution in [0, 0.1) is 12.3 Å². The molecule has 0 radical (unpaired) electrons. The van der Waals surface area contributed by atoms with Crippen molar-refractivity contribution in [1.82, 2.24) is 0 Å². The monoisotopic (exact) mass is 438 g/mol. The van der Waals surface area contributed by atoms with Crippen LogP contribution in [0.3, 0.4) is 0 Å². The number of aryl methyl sites for hydroxylation is 2. The van der Waals surface area contributed by atoms with E-state index in [1.807, 2.05) is 0 Å². The number of halogens is 2. The Morgan fingerprint density at radius 1 is 1.17 bits per heavy atom. The Morgan fingerprint density at radius 3 is 2.46 bits per heavy atom. The summed E-state index contributed by atoms with van der Waals surface area (Å²) in [6, 6.07) is 4.65. The van der Waals surface area contributed by atoms with E-state index in [2.05, 4.69) is 70.2 Å². The van der Waals surface area contributed by atoms with Gasteiger partial charge in [-0.25, -0.2) is 0 Å². The van der Waals surface area contributed by atoms with Crippen molar-refractivity contribution in [1.29, 1.82) is 0 Å². The van der Waals surface area contributed by atoms with Crippen LogP contribution in [-0.4, -0.2) is 0 Å². The van der Waals surface area contributed by atoms with E-state index in [0.29, 0.717) is 5.92 Å². The topological polar surface area (TPSA) is 0 Å². The van der Waals surface area contributed by atoms with Crippen LogP contribution in [0.2, 0.25) is 0 Å². The van der Waals surface area contributed by atoms with Crippen LogP contribution in [-0.2, 0) is 32.6 Å². The summed E-state index contributed by atoms with van der Waals surface area (Å²) in [5, 5.41) is 0. The van der Waals surface area contributed by atoms with Gasteiger partial charge >= 0.3 is 26.2 Å². The standard InChI is InChI=1S/C21H26.2ClH.Zr/c1-5-8-16-12-11-15(2)18-13-14-19(20(16)18)21(3,4)17-9-6-7-10-17;;;/h6-7,9,11-14,19H,5,8,10H2,1-4H3;2*1H;/q;;;+2/p-2. The molecule has 0 heterocycles. The molecular formula is C21H26Cl2Zr. The number of fused-ring (bicyclic) bond motifs is 1. The van der Waals surface area contributed by atoms with Crippen molar-refractivity contribution >= 4 is 6.08 Å². The van der Waals surface area contributed by atoms with Crippen molar-refractivity contribution < 1.29 is 51.0 Å². The third-order valence-corrected chi connectivity index (χ3v) is 5.26. The largest absolute Gasteiger partial charge is 2.00 e. The zero-order valence-electron chi connectivity index (χ0n) is 15.0. The third kappa shape index (κ3) is 4.17. The molecule has 2 aliphatic carbocycles. The molecule has 1 atom stereocenters. The molecule has 2 aliphatic rings. The third-order valence-electron chi connectivity index (χ3n) is 5.26. The fourth-order valence-electron chi connectivity index (χ4n) is 3.88. The summed E-state index contributed by atoms with van der Waals surface area (Å²) < 4.78 is 0. The molecule has 0 nitrogen and oxygen atoms in total. The summed E-state index contributed by atoms with van der Waals surface area (Å²) in [5.41, 5.74) is 7.79. The quantitative estimate of drug-likeness (QED) is 0.617. The molecule has 128 valence electrons. The second-order valence-electron chi connectivity index (χ2n) is 7.00. The van der Waals surface area contributed by atoms with Crippen LogP contribution < -0.4 is 24.8 Å². The minimum Gasteiger partial charge on any atom is -1.00 e. The van der Waals surface area contributed by atoms with E-state index in [1.165, 1.54) is 24.0 Å². The van der Waals surface area contributed by atoms with Crippen molar-refractivity contribution in [3.63, 3.8) is 0 Å². The summed E-state index contributed by atoms with van der Waals surface area (Å²) >= 11 is 0. The van der Waals surface area contributed by atoms with E-state index in [1.54, 1.807) is 16.7 Å². The molecule has 0 saturated heterocycles. The zero-order valence-corrected chi connectivity index (χ0v) is 19.0. The number of hydrogen-bond acceptors (Lipinski definition) is 0. The Kier molecular flexibility index (Phi) is 9.52. The summed E-state index contributed by atoms with van der Waals surface area (Å²) in [6.07, 6.45) is 15.1. The Morgan fingerprint density at radius 2 is 1.88 bits per heavy atom. The van der Waals surface area contributed by atoms with Crippen LogP contribution in [0.25, 0.3) is 6.08 Å². The molecule has 0 saturated carbocycles. The van der Waals surface area contributed by atoms with Gasteiger partial charge in [0.15, 0.2) is 0 Å². The van der Waals surface area contributed by atoms with E-state index in [-0.39, 0.29) is 56.4 Å². The molecule has 0 aliphatic heterocycles. The summed E-state index contributed by atoms with van der Waals surface area (Å²) in [6.45, 7) is 9.34. The predicted octanol–water partition coefficient (Wildman–Crippen LogP) is -0.0241. The van der Waals surface area contributed by atoms with Crippen molar-refractivity contribution in [2.24, 2.45) is 5.41 Å². The average molecular weight is 441 g/mol. The molecule has 1 unspecified atom stereocenters. The number of allylic oxidation sites excluding steroid dienone is 5. The van der Waals surface area contributed by atoms with Gasteiger partial charge in [-0.3, -0.25) is 0 Å². The van der Waals surface area contributed by atoms with Gasteiger partial charge in [0, 0.05) is 5.92 Å². The molecular weight excluding hydrogens is 414 g/mol. The molecule has 0 amide bonds. The zero-order chi connectivity index (χ0) is 15.0. The molecule has 3 rings (SSSR count). The number of rotatable bonds is 4. The summed E-state index contributed by atoms with van der Waals surface area (Å²) in [7, 11) is 0. The average Bonchev–Trinajstić information content (AvgIpc) is 3.11. The maximum absolute atomic E-state index is 2.44.